The Balaban J connectivity index is 4.04. The van der Waals surface area contributed by atoms with Gasteiger partial charge in [0.15, 0.2) is 0 Å². The molecule has 0 spiro atoms. The van der Waals surface area contributed by atoms with Crippen LogP contribution in [0.15, 0.2) is 10.2 Å². The molecule has 0 saturated heterocycles. The Hall–Kier alpha value is -2.47. The van der Waals surface area contributed by atoms with Crippen molar-refractivity contribution >= 4 is 6.09 Å². The smallest absolute Gasteiger partial charge is 0.407 e. The van der Waals surface area contributed by atoms with E-state index in [0.29, 0.717) is 145 Å². The maximum absolute atomic E-state index is 11.6. The van der Waals surface area contributed by atoms with E-state index in [2.05, 4.69) is 30.3 Å². The first-order chi connectivity index (χ1) is 21.9. The SMILES string of the molecule is CC(C)(C)OC(=O)NCCOCCOCCN(CCOCCOCCOCCN=[N+]=[N-])CCOCCOCCOCCN=[N+]=[N-]. The van der Waals surface area contributed by atoms with Gasteiger partial charge < -0.3 is 47.9 Å². The number of nitrogens with one attached hydrogen (secondary N) is 1. The molecule has 0 aromatic carbocycles. The Bertz CT molecular complexity index is 741. The molecule has 0 fully saturated rings. The highest BCUT2D eigenvalue weighted by molar-refractivity contribution is 5.67. The molecule has 0 aliphatic carbocycles. The molecule has 0 radical (unpaired) electrons. The Labute approximate surface area is 266 Å². The maximum atomic E-state index is 11.6. The normalized spacial score (nSPS) is 11.3. The minimum atomic E-state index is -0.535. The van der Waals surface area contributed by atoms with Crippen molar-refractivity contribution in [2.24, 2.45) is 10.2 Å². The summed E-state index contributed by atoms with van der Waals surface area (Å²) in [6.07, 6.45) is -0.467. The van der Waals surface area contributed by atoms with E-state index in [1.54, 1.807) is 0 Å². The number of hydrogen-bond donors (Lipinski definition) is 1. The Morgan fingerprint density at radius 3 is 1.27 bits per heavy atom. The molecule has 1 N–H and O–H groups in total. The zero-order chi connectivity index (χ0) is 33.1. The van der Waals surface area contributed by atoms with Gasteiger partial charge in [-0.1, -0.05) is 10.2 Å². The Morgan fingerprint density at radius 2 is 0.911 bits per heavy atom. The van der Waals surface area contributed by atoms with Gasteiger partial charge in [-0.2, -0.15) is 0 Å². The van der Waals surface area contributed by atoms with E-state index in [9.17, 15) is 4.79 Å². The van der Waals surface area contributed by atoms with E-state index in [-0.39, 0.29) is 0 Å². The molecule has 18 heteroatoms. The third-order valence-corrected chi connectivity index (χ3v) is 5.23. The van der Waals surface area contributed by atoms with Gasteiger partial charge >= 0.3 is 6.09 Å². The van der Waals surface area contributed by atoms with Crippen molar-refractivity contribution in [3.8, 4) is 0 Å². The third-order valence-electron chi connectivity index (χ3n) is 5.23. The van der Waals surface area contributed by atoms with Gasteiger partial charge in [0.25, 0.3) is 0 Å². The second-order valence-electron chi connectivity index (χ2n) is 10.1. The second-order valence-corrected chi connectivity index (χ2v) is 10.1. The number of amides is 1. The molecule has 0 atom stereocenters. The quantitative estimate of drug-likeness (QED) is 0.0471. The molecular weight excluding hydrogens is 596 g/mol. The number of azide groups is 2. The summed E-state index contributed by atoms with van der Waals surface area (Å²) in [5, 5.41) is 9.43. The van der Waals surface area contributed by atoms with E-state index in [0.717, 1.165) is 0 Å². The molecule has 0 aliphatic heterocycles. The van der Waals surface area contributed by atoms with Crippen molar-refractivity contribution in [2.45, 2.75) is 26.4 Å². The average Bonchev–Trinajstić information content (AvgIpc) is 3.00. The van der Waals surface area contributed by atoms with Gasteiger partial charge in [-0.05, 0) is 31.8 Å². The van der Waals surface area contributed by atoms with Crippen LogP contribution >= 0.6 is 0 Å². The van der Waals surface area contributed by atoms with Gasteiger partial charge in [0.05, 0.1) is 106 Å². The van der Waals surface area contributed by atoms with Crippen molar-refractivity contribution in [1.82, 2.24) is 10.2 Å². The van der Waals surface area contributed by atoms with Crippen LogP contribution in [0.2, 0.25) is 0 Å². The van der Waals surface area contributed by atoms with E-state index in [4.69, 9.17) is 53.7 Å². The molecule has 0 aromatic rings. The number of carbonyl (C=O) groups is 1. The summed E-state index contributed by atoms with van der Waals surface area (Å²) in [5.41, 5.74) is 15.9. The summed E-state index contributed by atoms with van der Waals surface area (Å²) in [6, 6.07) is 0. The molecule has 262 valence electrons. The van der Waals surface area contributed by atoms with Crippen LogP contribution in [0.25, 0.3) is 20.9 Å². The predicted octanol–water partition coefficient (Wildman–Crippen LogP) is 2.57. The van der Waals surface area contributed by atoms with E-state index in [1.165, 1.54) is 0 Å². The molecule has 1 amide bonds. The molecule has 18 nitrogen and oxygen atoms in total. The first-order valence-electron chi connectivity index (χ1n) is 15.2. The third kappa shape index (κ3) is 35.9. The van der Waals surface area contributed by atoms with Crippen molar-refractivity contribution in [3.63, 3.8) is 0 Å². The van der Waals surface area contributed by atoms with E-state index >= 15 is 0 Å². The molecule has 0 heterocycles. The van der Waals surface area contributed by atoms with Gasteiger partial charge in [0, 0.05) is 49.1 Å². The minimum Gasteiger partial charge on any atom is -0.444 e. The molecule has 0 saturated carbocycles. The van der Waals surface area contributed by atoms with Crippen molar-refractivity contribution in [2.75, 3.05) is 145 Å². The first kappa shape index (κ1) is 42.5. The fraction of sp³-hybridized carbons (Fsp3) is 0.963. The van der Waals surface area contributed by atoms with Crippen LogP contribution in [0.3, 0.4) is 0 Å². The molecule has 0 rings (SSSR count). The lowest BCUT2D eigenvalue weighted by molar-refractivity contribution is -0.00209. The number of ether oxygens (including phenoxy) is 9. The molecule has 0 aliphatic rings. The zero-order valence-electron chi connectivity index (χ0n) is 27.3. The maximum Gasteiger partial charge on any atom is 0.407 e. The van der Waals surface area contributed by atoms with Gasteiger partial charge in [-0.25, -0.2) is 4.79 Å². The lowest BCUT2D eigenvalue weighted by atomic mass is 10.2. The van der Waals surface area contributed by atoms with E-state index < -0.39 is 11.7 Å². The van der Waals surface area contributed by atoms with Crippen molar-refractivity contribution in [3.05, 3.63) is 20.9 Å². The van der Waals surface area contributed by atoms with Gasteiger partial charge in [-0.15, -0.1) is 0 Å². The number of alkyl carbamates (subject to hydrolysis) is 1. The average molecular weight is 651 g/mol. The van der Waals surface area contributed by atoms with Crippen LogP contribution in [0.1, 0.15) is 20.8 Å². The van der Waals surface area contributed by atoms with Crippen LogP contribution in [0.4, 0.5) is 4.79 Å². The van der Waals surface area contributed by atoms with Gasteiger partial charge in [0.1, 0.15) is 5.60 Å². The standard InChI is InChI=1S/C27H54N8O10/c1-27(2,3)45-26(36)30-4-10-37-16-19-40-13-7-35(8-14-41-20-24-43-22-17-38-11-5-31-33-28)9-15-42-21-25-44-23-18-39-12-6-32-34-29/h4-25H2,1-3H3,(H,30,36). The molecule has 45 heavy (non-hydrogen) atoms. The summed E-state index contributed by atoms with van der Waals surface area (Å²) in [5.74, 6) is 0. The van der Waals surface area contributed by atoms with Crippen LogP contribution in [-0.2, 0) is 42.6 Å². The number of hydrogen-bond acceptors (Lipinski definition) is 13. The lowest BCUT2D eigenvalue weighted by Crippen LogP contribution is -2.35. The molecule has 0 aromatic heterocycles. The van der Waals surface area contributed by atoms with Crippen LogP contribution in [0.5, 0.6) is 0 Å². The lowest BCUT2D eigenvalue weighted by Gasteiger charge is -2.22. The Morgan fingerprint density at radius 1 is 0.578 bits per heavy atom. The monoisotopic (exact) mass is 650 g/mol. The van der Waals surface area contributed by atoms with Gasteiger partial charge in [-0.3, -0.25) is 4.90 Å². The highest BCUT2D eigenvalue weighted by Crippen LogP contribution is 2.06. The van der Waals surface area contributed by atoms with Crippen LogP contribution in [0, 0.1) is 0 Å². The van der Waals surface area contributed by atoms with Gasteiger partial charge in [0.2, 0.25) is 0 Å². The molecular formula is C27H54N8O10. The number of nitrogens with zero attached hydrogens (tertiary/aromatic N) is 7. The van der Waals surface area contributed by atoms with Crippen LogP contribution in [-0.4, -0.2) is 162 Å². The minimum absolute atomic E-state index is 0.306. The van der Waals surface area contributed by atoms with E-state index in [1.807, 2.05) is 20.8 Å². The molecule has 0 bridgehead atoms. The van der Waals surface area contributed by atoms with Crippen LogP contribution < -0.4 is 5.32 Å². The number of rotatable bonds is 33. The summed E-state index contributed by atoms with van der Waals surface area (Å²) in [6.45, 7) is 15.6. The van der Waals surface area contributed by atoms with Crippen molar-refractivity contribution in [1.29, 1.82) is 0 Å². The topological polar surface area (TPSA) is 213 Å². The zero-order valence-corrected chi connectivity index (χ0v) is 27.3. The highest BCUT2D eigenvalue weighted by atomic mass is 16.6. The predicted molar refractivity (Wildman–Crippen MR) is 165 cm³/mol. The summed E-state index contributed by atoms with van der Waals surface area (Å²) < 4.78 is 49.3. The largest absolute Gasteiger partial charge is 0.444 e. The summed E-state index contributed by atoms with van der Waals surface area (Å²) in [4.78, 5) is 19.1. The fourth-order valence-electron chi connectivity index (χ4n) is 3.16. The molecule has 0 unspecified atom stereocenters. The fourth-order valence-corrected chi connectivity index (χ4v) is 3.16. The number of carbonyl (C=O) groups excluding carboxylic acids is 1. The van der Waals surface area contributed by atoms with Crippen molar-refractivity contribution < 1.29 is 47.4 Å². The highest BCUT2D eigenvalue weighted by Gasteiger charge is 2.15. The summed E-state index contributed by atoms with van der Waals surface area (Å²) in [7, 11) is 0. The first-order valence-corrected chi connectivity index (χ1v) is 15.2. The second kappa shape index (κ2) is 32.9. The summed E-state index contributed by atoms with van der Waals surface area (Å²) >= 11 is 0. The Kier molecular flexibility index (Phi) is 31.1.